The first-order valence-corrected chi connectivity index (χ1v) is 22.6. The van der Waals surface area contributed by atoms with Crippen LogP contribution in [0, 0.1) is 0 Å². The van der Waals surface area contributed by atoms with Gasteiger partial charge >= 0.3 is 0 Å². The van der Waals surface area contributed by atoms with Crippen LogP contribution in [0.15, 0.2) is 138 Å². The third kappa shape index (κ3) is 8.41. The number of para-hydroxylation sites is 1. The van der Waals surface area contributed by atoms with Crippen molar-refractivity contribution in [2.75, 3.05) is 0 Å². The standard InChI is InChI=1S/C46H53N2O3PS2/c1-44(2,3)34-29-33(30-35(31-34)45(4,5)6)43(47-53(49)46(7,8)9)42-39-27-19-20-28-40(39)48(54(50,51)38-25-17-12-18-26-38)41(42)32-52(36-21-13-10-14-22-36)37-23-15-11-16-24-37/h10-31,43,47H,32H2,1-9H3/t43-,53?/m0/s1. The second kappa shape index (κ2) is 15.4. The molecular weight excluding hydrogens is 724 g/mol. The molecule has 1 heterocycles. The predicted molar refractivity (Wildman–Crippen MR) is 230 cm³/mol. The molecule has 0 radical (unpaired) electrons. The minimum absolute atomic E-state index is 0.174. The van der Waals surface area contributed by atoms with Crippen LogP contribution in [0.1, 0.15) is 96.3 Å². The highest BCUT2D eigenvalue weighted by Gasteiger charge is 2.38. The molecule has 0 bridgehead atoms. The lowest BCUT2D eigenvalue weighted by Crippen LogP contribution is -2.42. The van der Waals surface area contributed by atoms with Gasteiger partial charge in [0.15, 0.2) is 0 Å². The van der Waals surface area contributed by atoms with Gasteiger partial charge in [-0.1, -0.05) is 157 Å². The van der Waals surface area contributed by atoms with Gasteiger partial charge in [0.25, 0.3) is 10.0 Å². The van der Waals surface area contributed by atoms with Gasteiger partial charge in [-0.05, 0) is 85.0 Å². The Morgan fingerprint density at radius 3 is 1.61 bits per heavy atom. The van der Waals surface area contributed by atoms with Crippen molar-refractivity contribution in [2.24, 2.45) is 0 Å². The first-order chi connectivity index (χ1) is 25.4. The zero-order valence-corrected chi connectivity index (χ0v) is 35.4. The van der Waals surface area contributed by atoms with Gasteiger partial charge in [-0.25, -0.2) is 12.4 Å². The van der Waals surface area contributed by atoms with E-state index in [0.717, 1.165) is 38.2 Å². The van der Waals surface area contributed by atoms with Crippen LogP contribution in [-0.2, 0) is 38.4 Å². The molecule has 0 fully saturated rings. The van der Waals surface area contributed by atoms with Gasteiger partial charge in [0, 0.05) is 34.2 Å². The number of aromatic nitrogens is 1. The van der Waals surface area contributed by atoms with Gasteiger partial charge in [0.05, 0.1) is 10.4 Å². The highest BCUT2D eigenvalue weighted by Crippen LogP contribution is 2.46. The second-order valence-electron chi connectivity index (χ2n) is 17.0. The summed E-state index contributed by atoms with van der Waals surface area (Å²) >= 11 is -1.51. The van der Waals surface area contributed by atoms with Crippen LogP contribution < -0.4 is 15.3 Å². The van der Waals surface area contributed by atoms with Crippen molar-refractivity contribution in [1.29, 1.82) is 0 Å². The maximum Gasteiger partial charge on any atom is 0.268 e. The largest absolute Gasteiger partial charge is 0.598 e. The third-order valence-electron chi connectivity index (χ3n) is 9.78. The topological polar surface area (TPSA) is 74.2 Å². The van der Waals surface area contributed by atoms with Crippen LogP contribution in [0.5, 0.6) is 0 Å². The molecule has 1 unspecified atom stereocenters. The maximum atomic E-state index is 15.1. The molecule has 5 nitrogen and oxygen atoms in total. The SMILES string of the molecule is CC(C)(C)c1cc([C@H](N[S+]([O-])C(C)(C)C)c2c(CP(c3ccccc3)c3ccccc3)n(S(=O)(=O)c3ccccc3)c3ccccc23)cc(C(C)(C)C)c1. The molecule has 0 aliphatic carbocycles. The van der Waals surface area contributed by atoms with Crippen molar-refractivity contribution in [1.82, 2.24) is 8.69 Å². The number of hydrogen-bond acceptors (Lipinski definition) is 4. The molecule has 0 aliphatic heterocycles. The molecule has 0 saturated carbocycles. The summed E-state index contributed by atoms with van der Waals surface area (Å²) in [6, 6.07) is 43.4. The van der Waals surface area contributed by atoms with E-state index in [2.05, 4.69) is 88.7 Å². The van der Waals surface area contributed by atoms with Crippen LogP contribution in [0.25, 0.3) is 10.9 Å². The molecule has 0 saturated heterocycles. The quantitative estimate of drug-likeness (QED) is 0.111. The van der Waals surface area contributed by atoms with Crippen LogP contribution >= 0.6 is 7.92 Å². The van der Waals surface area contributed by atoms with E-state index in [-0.39, 0.29) is 15.7 Å². The van der Waals surface area contributed by atoms with E-state index in [4.69, 9.17) is 0 Å². The van der Waals surface area contributed by atoms with E-state index in [0.29, 0.717) is 17.4 Å². The fourth-order valence-electron chi connectivity index (χ4n) is 6.69. The van der Waals surface area contributed by atoms with Gasteiger partial charge < -0.3 is 4.55 Å². The molecule has 1 N–H and O–H groups in total. The van der Waals surface area contributed by atoms with E-state index in [1.807, 2.05) is 87.5 Å². The average Bonchev–Trinajstić information content (AvgIpc) is 3.46. The fraction of sp³-hybridized carbons (Fsp3) is 0.304. The maximum absolute atomic E-state index is 15.1. The first kappa shape index (κ1) is 40.0. The normalized spacial score (nSPS) is 14.1. The molecule has 8 heteroatoms. The average molecular weight is 777 g/mol. The summed E-state index contributed by atoms with van der Waals surface area (Å²) in [5, 5.41) is 3.10. The lowest BCUT2D eigenvalue weighted by molar-refractivity contribution is 0.534. The van der Waals surface area contributed by atoms with E-state index in [9.17, 15) is 4.55 Å². The summed E-state index contributed by atoms with van der Waals surface area (Å²) in [5.41, 5.74) is 5.04. The van der Waals surface area contributed by atoms with Crippen molar-refractivity contribution < 1.29 is 13.0 Å². The summed E-state index contributed by atoms with van der Waals surface area (Å²) < 4.78 is 49.3. The fourth-order valence-corrected chi connectivity index (χ4v) is 11.5. The summed E-state index contributed by atoms with van der Waals surface area (Å²) in [6.45, 7) is 19.2. The zero-order valence-electron chi connectivity index (χ0n) is 32.9. The third-order valence-corrected chi connectivity index (χ3v) is 15.6. The molecule has 2 atom stereocenters. The minimum atomic E-state index is -4.10. The monoisotopic (exact) mass is 776 g/mol. The van der Waals surface area contributed by atoms with Crippen LogP contribution in [0.2, 0.25) is 0 Å². The van der Waals surface area contributed by atoms with Crippen LogP contribution in [0.3, 0.4) is 0 Å². The Morgan fingerprint density at radius 1 is 0.667 bits per heavy atom. The zero-order chi connectivity index (χ0) is 39.1. The van der Waals surface area contributed by atoms with E-state index >= 15 is 8.42 Å². The molecule has 1 aromatic heterocycles. The lowest BCUT2D eigenvalue weighted by atomic mass is 9.78. The molecule has 54 heavy (non-hydrogen) atoms. The number of nitrogens with one attached hydrogen (secondary N) is 1. The highest BCUT2D eigenvalue weighted by atomic mass is 32.2. The highest BCUT2D eigenvalue weighted by molar-refractivity contribution is 7.91. The van der Waals surface area contributed by atoms with Gasteiger partial charge in [0.2, 0.25) is 0 Å². The van der Waals surface area contributed by atoms with E-state index in [1.165, 1.54) is 0 Å². The smallest absolute Gasteiger partial charge is 0.268 e. The predicted octanol–water partition coefficient (Wildman–Crippen LogP) is 10.2. The first-order valence-electron chi connectivity index (χ1n) is 18.5. The lowest BCUT2D eigenvalue weighted by Gasteiger charge is -2.32. The van der Waals surface area contributed by atoms with Crippen molar-refractivity contribution in [3.05, 3.63) is 161 Å². The Hall–Kier alpha value is -3.71. The minimum Gasteiger partial charge on any atom is -0.598 e. The number of nitrogens with zero attached hydrogens (tertiary/aromatic N) is 1. The summed E-state index contributed by atoms with van der Waals surface area (Å²) in [6.07, 6.45) is 0.435. The molecule has 6 aromatic rings. The van der Waals surface area contributed by atoms with E-state index < -0.39 is 40.1 Å². The molecule has 5 aromatic carbocycles. The number of hydrogen-bond donors (Lipinski definition) is 1. The van der Waals surface area contributed by atoms with Gasteiger partial charge in [-0.15, -0.1) is 4.72 Å². The van der Waals surface area contributed by atoms with Crippen molar-refractivity contribution in [3.63, 3.8) is 0 Å². The van der Waals surface area contributed by atoms with Gasteiger partial charge in [0.1, 0.15) is 10.8 Å². The Balaban J connectivity index is 1.76. The Labute approximate surface area is 327 Å². The summed E-state index contributed by atoms with van der Waals surface area (Å²) in [5.74, 6) is 0. The summed E-state index contributed by atoms with van der Waals surface area (Å²) in [7, 11) is -5.18. The van der Waals surface area contributed by atoms with Crippen molar-refractivity contribution in [2.45, 2.75) is 95.0 Å². The second-order valence-corrected chi connectivity index (χ2v) is 23.0. The van der Waals surface area contributed by atoms with Gasteiger partial charge in [-0.2, -0.15) is 0 Å². The Morgan fingerprint density at radius 2 is 1.13 bits per heavy atom. The van der Waals surface area contributed by atoms with E-state index in [1.54, 1.807) is 28.2 Å². The number of rotatable bonds is 10. The molecule has 0 amide bonds. The molecule has 6 rings (SSSR count). The molecule has 0 spiro atoms. The van der Waals surface area contributed by atoms with Crippen molar-refractivity contribution in [3.8, 4) is 0 Å². The number of fused-ring (bicyclic) bond motifs is 1. The summed E-state index contributed by atoms with van der Waals surface area (Å²) in [4.78, 5) is 0.217. The Bertz CT molecular complexity index is 2250. The van der Waals surface area contributed by atoms with Crippen LogP contribution in [-0.4, -0.2) is 21.7 Å². The molecule has 0 aliphatic rings. The molecular formula is C46H53N2O3PS2. The van der Waals surface area contributed by atoms with Gasteiger partial charge in [-0.3, -0.25) is 0 Å². The number of benzene rings is 5. The van der Waals surface area contributed by atoms with Crippen LogP contribution in [0.4, 0.5) is 0 Å². The van der Waals surface area contributed by atoms with Crippen molar-refractivity contribution >= 4 is 50.8 Å². The Kier molecular flexibility index (Phi) is 11.4. The molecule has 282 valence electrons.